The Morgan fingerprint density at radius 1 is 1.03 bits per heavy atom. The molecule has 0 saturated heterocycles. The van der Waals surface area contributed by atoms with Crippen LogP contribution in [0.1, 0.15) is 35.3 Å². The van der Waals surface area contributed by atoms with Gasteiger partial charge in [0.15, 0.2) is 5.75 Å². The number of halogens is 1. The van der Waals surface area contributed by atoms with Gasteiger partial charge in [0, 0.05) is 10.9 Å². The standard InChI is InChI=1S/C26H23FN2O4S/c1-3-21(18-12-9-13-19(27)16-18)29-26(30)23-20-14-7-8-15-22(20)28-24(17-10-5-4-6-11-17)25(23)33-34(2,31)32/h4-16,21H,3H2,1-2H3,(H,29,30)/t21-/m0/s1. The van der Waals surface area contributed by atoms with Crippen molar-refractivity contribution in [1.29, 1.82) is 0 Å². The molecule has 3 aromatic carbocycles. The molecule has 0 unspecified atom stereocenters. The third kappa shape index (κ3) is 5.07. The van der Waals surface area contributed by atoms with Crippen molar-refractivity contribution < 1.29 is 21.8 Å². The molecule has 1 N–H and O–H groups in total. The largest absolute Gasteiger partial charge is 0.379 e. The van der Waals surface area contributed by atoms with Crippen molar-refractivity contribution in [3.05, 3.63) is 95.8 Å². The summed E-state index contributed by atoms with van der Waals surface area (Å²) >= 11 is 0. The van der Waals surface area contributed by atoms with Crippen molar-refractivity contribution in [2.75, 3.05) is 6.26 Å². The smallest absolute Gasteiger partial charge is 0.306 e. The average Bonchev–Trinajstić information content (AvgIpc) is 2.81. The van der Waals surface area contributed by atoms with Gasteiger partial charge < -0.3 is 9.50 Å². The molecule has 1 atom stereocenters. The number of carbonyl (C=O) groups excluding carboxylic acids is 1. The number of nitrogens with zero attached hydrogens (tertiary/aromatic N) is 1. The number of pyridine rings is 1. The maximum absolute atomic E-state index is 13.8. The van der Waals surface area contributed by atoms with E-state index in [0.29, 0.717) is 28.5 Å². The van der Waals surface area contributed by atoms with Gasteiger partial charge in [0.05, 0.1) is 23.4 Å². The number of carbonyl (C=O) groups is 1. The number of benzene rings is 3. The van der Waals surface area contributed by atoms with Crippen LogP contribution in [0.25, 0.3) is 22.2 Å². The minimum Gasteiger partial charge on any atom is -0.379 e. The van der Waals surface area contributed by atoms with Crippen LogP contribution in [0.4, 0.5) is 4.39 Å². The summed E-state index contributed by atoms with van der Waals surface area (Å²) in [7, 11) is -3.99. The molecule has 4 aromatic rings. The Morgan fingerprint density at radius 2 is 1.74 bits per heavy atom. The molecule has 0 aliphatic carbocycles. The first-order valence-electron chi connectivity index (χ1n) is 10.7. The Hall–Kier alpha value is -3.78. The summed E-state index contributed by atoms with van der Waals surface area (Å²) in [4.78, 5) is 18.3. The predicted octanol–water partition coefficient (Wildman–Crippen LogP) is 5.26. The number of para-hydroxylation sites is 1. The lowest BCUT2D eigenvalue weighted by Crippen LogP contribution is -2.29. The third-order valence-corrected chi connectivity index (χ3v) is 5.79. The molecule has 1 heterocycles. The number of aromatic nitrogens is 1. The molecule has 1 aromatic heterocycles. The normalized spacial score (nSPS) is 12.3. The van der Waals surface area contributed by atoms with Gasteiger partial charge in [0.2, 0.25) is 0 Å². The molecule has 0 aliphatic rings. The van der Waals surface area contributed by atoms with Crippen LogP contribution in [0, 0.1) is 5.82 Å². The Labute approximate surface area is 197 Å². The summed E-state index contributed by atoms with van der Waals surface area (Å²) in [6.45, 7) is 1.86. The second-order valence-corrected chi connectivity index (χ2v) is 9.40. The Balaban J connectivity index is 1.92. The van der Waals surface area contributed by atoms with Gasteiger partial charge in [0.25, 0.3) is 5.91 Å². The van der Waals surface area contributed by atoms with Crippen molar-refractivity contribution in [3.8, 4) is 17.0 Å². The number of hydrogen-bond acceptors (Lipinski definition) is 5. The molecule has 0 spiro atoms. The lowest BCUT2D eigenvalue weighted by molar-refractivity contribution is 0.0935. The lowest BCUT2D eigenvalue weighted by Gasteiger charge is -2.21. The number of fused-ring (bicyclic) bond motifs is 1. The quantitative estimate of drug-likeness (QED) is 0.366. The average molecular weight is 479 g/mol. The lowest BCUT2D eigenvalue weighted by atomic mass is 10.00. The molecule has 0 fully saturated rings. The number of rotatable bonds is 7. The monoisotopic (exact) mass is 478 g/mol. The van der Waals surface area contributed by atoms with Crippen LogP contribution in [0.15, 0.2) is 78.9 Å². The van der Waals surface area contributed by atoms with E-state index in [4.69, 9.17) is 4.18 Å². The summed E-state index contributed by atoms with van der Waals surface area (Å²) < 4.78 is 43.6. The van der Waals surface area contributed by atoms with E-state index in [0.717, 1.165) is 6.26 Å². The Kier molecular flexibility index (Phi) is 6.61. The molecule has 34 heavy (non-hydrogen) atoms. The van der Waals surface area contributed by atoms with Crippen molar-refractivity contribution in [2.24, 2.45) is 0 Å². The summed E-state index contributed by atoms with van der Waals surface area (Å²) in [6.07, 6.45) is 1.41. The summed E-state index contributed by atoms with van der Waals surface area (Å²) in [6, 6.07) is 21.4. The molecule has 0 radical (unpaired) electrons. The minimum absolute atomic E-state index is 0.0460. The van der Waals surface area contributed by atoms with E-state index in [9.17, 15) is 17.6 Å². The zero-order valence-corrected chi connectivity index (χ0v) is 19.5. The highest BCUT2D eigenvalue weighted by Crippen LogP contribution is 2.37. The van der Waals surface area contributed by atoms with E-state index < -0.39 is 27.9 Å². The van der Waals surface area contributed by atoms with E-state index in [2.05, 4.69) is 10.3 Å². The first-order chi connectivity index (χ1) is 16.3. The van der Waals surface area contributed by atoms with E-state index in [1.54, 1.807) is 60.7 Å². The van der Waals surface area contributed by atoms with Gasteiger partial charge in [0.1, 0.15) is 11.5 Å². The van der Waals surface area contributed by atoms with Crippen LogP contribution in [0.2, 0.25) is 0 Å². The summed E-state index contributed by atoms with van der Waals surface area (Å²) in [5.41, 5.74) is 1.98. The first-order valence-corrected chi connectivity index (χ1v) is 12.5. The van der Waals surface area contributed by atoms with E-state index in [1.165, 1.54) is 12.1 Å². The maximum Gasteiger partial charge on any atom is 0.306 e. The van der Waals surface area contributed by atoms with Crippen LogP contribution < -0.4 is 9.50 Å². The highest BCUT2D eigenvalue weighted by molar-refractivity contribution is 7.86. The van der Waals surface area contributed by atoms with Gasteiger partial charge in [-0.15, -0.1) is 0 Å². The van der Waals surface area contributed by atoms with Gasteiger partial charge >= 0.3 is 10.1 Å². The number of amides is 1. The molecule has 6 nitrogen and oxygen atoms in total. The highest BCUT2D eigenvalue weighted by atomic mass is 32.2. The predicted molar refractivity (Wildman–Crippen MR) is 130 cm³/mol. The highest BCUT2D eigenvalue weighted by Gasteiger charge is 2.27. The fraction of sp³-hybridized carbons (Fsp3) is 0.154. The maximum atomic E-state index is 13.8. The van der Waals surface area contributed by atoms with Gasteiger partial charge in [-0.1, -0.05) is 67.6 Å². The molecule has 174 valence electrons. The van der Waals surface area contributed by atoms with E-state index in [-0.39, 0.29) is 17.0 Å². The zero-order valence-electron chi connectivity index (χ0n) is 18.7. The second kappa shape index (κ2) is 9.61. The topological polar surface area (TPSA) is 85.4 Å². The minimum atomic E-state index is -3.99. The SMILES string of the molecule is CC[C@H](NC(=O)c1c(OS(C)(=O)=O)c(-c2ccccc2)nc2ccccc12)c1cccc(F)c1. The van der Waals surface area contributed by atoms with E-state index >= 15 is 0 Å². The molecule has 1 amide bonds. The Bertz CT molecular complexity index is 1460. The van der Waals surface area contributed by atoms with Crippen LogP contribution in [0.5, 0.6) is 5.75 Å². The van der Waals surface area contributed by atoms with Crippen LogP contribution in [-0.2, 0) is 10.1 Å². The molecule has 4 rings (SSSR count). The van der Waals surface area contributed by atoms with Gasteiger partial charge in [-0.05, 0) is 30.2 Å². The van der Waals surface area contributed by atoms with Gasteiger partial charge in [-0.25, -0.2) is 9.37 Å². The van der Waals surface area contributed by atoms with Crippen molar-refractivity contribution in [1.82, 2.24) is 10.3 Å². The third-order valence-electron chi connectivity index (χ3n) is 5.32. The zero-order chi connectivity index (χ0) is 24.3. The molecule has 0 bridgehead atoms. The van der Waals surface area contributed by atoms with Crippen molar-refractivity contribution >= 4 is 26.9 Å². The van der Waals surface area contributed by atoms with Crippen molar-refractivity contribution in [3.63, 3.8) is 0 Å². The molecular formula is C26H23FN2O4S. The Morgan fingerprint density at radius 3 is 2.41 bits per heavy atom. The molecule has 0 aliphatic heterocycles. The summed E-state index contributed by atoms with van der Waals surface area (Å²) in [5, 5.41) is 3.35. The van der Waals surface area contributed by atoms with Crippen LogP contribution in [0.3, 0.4) is 0 Å². The fourth-order valence-corrected chi connectivity index (χ4v) is 4.28. The van der Waals surface area contributed by atoms with Gasteiger partial charge in [-0.3, -0.25) is 4.79 Å². The first kappa shape index (κ1) is 23.4. The molecule has 0 saturated carbocycles. The molecule has 8 heteroatoms. The summed E-state index contributed by atoms with van der Waals surface area (Å²) in [5.74, 6) is -1.11. The van der Waals surface area contributed by atoms with Crippen LogP contribution in [-0.4, -0.2) is 25.6 Å². The van der Waals surface area contributed by atoms with Crippen LogP contribution >= 0.6 is 0 Å². The number of nitrogens with one attached hydrogen (secondary N) is 1. The molecular weight excluding hydrogens is 455 g/mol. The number of hydrogen-bond donors (Lipinski definition) is 1. The second-order valence-electron chi connectivity index (χ2n) is 7.82. The van der Waals surface area contributed by atoms with E-state index in [1.807, 2.05) is 13.0 Å². The fourth-order valence-electron chi connectivity index (χ4n) is 3.82. The van der Waals surface area contributed by atoms with Crippen molar-refractivity contribution in [2.45, 2.75) is 19.4 Å². The van der Waals surface area contributed by atoms with Gasteiger partial charge in [-0.2, -0.15) is 8.42 Å².